The maximum Gasteiger partial charge on any atom is 0.278 e. The predicted molar refractivity (Wildman–Crippen MR) is 141 cm³/mol. The number of fused-ring (bicyclic) bond motifs is 2. The van der Waals surface area contributed by atoms with Crippen molar-refractivity contribution in [1.29, 1.82) is 0 Å². The zero-order chi connectivity index (χ0) is 25.6. The quantitative estimate of drug-likeness (QED) is 0.413. The summed E-state index contributed by atoms with van der Waals surface area (Å²) in [6.45, 7) is 6.19. The lowest BCUT2D eigenvalue weighted by atomic mass is 9.90. The summed E-state index contributed by atoms with van der Waals surface area (Å²) in [5.41, 5.74) is 4.17. The van der Waals surface area contributed by atoms with Crippen LogP contribution >= 0.6 is 0 Å². The number of rotatable bonds is 7. The number of aromatic nitrogens is 5. The SMILES string of the molecule is CCn1c(=O)c2cnc(Nc3ccc4c(c3)CC(N(C)C)C4)nc2n1-c1cccc(C(C)(C)CO)n1. The summed E-state index contributed by atoms with van der Waals surface area (Å²) in [4.78, 5) is 29.4. The monoisotopic (exact) mass is 487 g/mol. The number of nitrogens with zero attached hydrogens (tertiary/aromatic N) is 6. The van der Waals surface area contributed by atoms with Crippen molar-refractivity contribution in [3.05, 3.63) is 69.8 Å². The average Bonchev–Trinajstić information content (AvgIpc) is 3.42. The Bertz CT molecular complexity index is 1490. The number of aliphatic hydroxyl groups excluding tert-OH is 1. The minimum absolute atomic E-state index is 0.0389. The standard InChI is InChI=1S/C27H33N7O2/c1-6-33-25(36)21-15-28-26(29-19-11-10-17-13-20(32(4)5)14-18(17)12-19)31-24(21)34(33)23-9-7-8-22(30-23)27(2,3)16-35/h7-12,15,20,35H,6,13-14,16H2,1-5H3,(H,28,29,31). The van der Waals surface area contributed by atoms with Crippen LogP contribution in [0.25, 0.3) is 16.9 Å². The molecular weight excluding hydrogens is 454 g/mol. The molecule has 1 unspecified atom stereocenters. The third-order valence-electron chi connectivity index (χ3n) is 7.12. The van der Waals surface area contributed by atoms with Gasteiger partial charge in [-0.3, -0.25) is 4.79 Å². The second-order valence-electron chi connectivity index (χ2n) is 10.3. The summed E-state index contributed by atoms with van der Waals surface area (Å²) >= 11 is 0. The first-order chi connectivity index (χ1) is 17.2. The van der Waals surface area contributed by atoms with Crippen LogP contribution in [-0.2, 0) is 24.8 Å². The molecule has 0 saturated carbocycles. The fourth-order valence-electron chi connectivity index (χ4n) is 4.77. The summed E-state index contributed by atoms with van der Waals surface area (Å²) in [6.07, 6.45) is 3.65. The summed E-state index contributed by atoms with van der Waals surface area (Å²) in [7, 11) is 4.24. The zero-order valence-corrected chi connectivity index (χ0v) is 21.5. The Kier molecular flexibility index (Phi) is 6.13. The van der Waals surface area contributed by atoms with Crippen molar-refractivity contribution >= 4 is 22.7 Å². The number of benzene rings is 1. The summed E-state index contributed by atoms with van der Waals surface area (Å²) in [5.74, 6) is 0.985. The van der Waals surface area contributed by atoms with Crippen LogP contribution in [0.4, 0.5) is 11.6 Å². The maximum atomic E-state index is 13.1. The van der Waals surface area contributed by atoms with E-state index in [1.165, 1.54) is 11.1 Å². The predicted octanol–water partition coefficient (Wildman–Crippen LogP) is 3.04. The van der Waals surface area contributed by atoms with Crippen molar-refractivity contribution in [2.45, 2.75) is 51.6 Å². The second kappa shape index (κ2) is 9.15. The smallest absolute Gasteiger partial charge is 0.278 e. The van der Waals surface area contributed by atoms with Gasteiger partial charge in [0.05, 0.1) is 12.3 Å². The highest BCUT2D eigenvalue weighted by molar-refractivity contribution is 5.77. The van der Waals surface area contributed by atoms with Gasteiger partial charge < -0.3 is 15.3 Å². The van der Waals surface area contributed by atoms with E-state index >= 15 is 0 Å². The number of likely N-dealkylation sites (N-methyl/N-ethyl adjacent to an activating group) is 1. The van der Waals surface area contributed by atoms with Crippen molar-refractivity contribution in [3.8, 4) is 5.82 Å². The Morgan fingerprint density at radius 3 is 2.64 bits per heavy atom. The van der Waals surface area contributed by atoms with E-state index in [9.17, 15) is 9.90 Å². The van der Waals surface area contributed by atoms with Gasteiger partial charge >= 0.3 is 0 Å². The molecule has 1 atom stereocenters. The van der Waals surface area contributed by atoms with Crippen LogP contribution < -0.4 is 10.9 Å². The van der Waals surface area contributed by atoms with Crippen molar-refractivity contribution in [3.63, 3.8) is 0 Å². The molecule has 3 heterocycles. The minimum atomic E-state index is -0.517. The molecule has 9 heteroatoms. The Labute approximate surface area is 210 Å². The molecule has 1 aliphatic carbocycles. The molecule has 36 heavy (non-hydrogen) atoms. The Balaban J connectivity index is 1.55. The lowest BCUT2D eigenvalue weighted by Crippen LogP contribution is -2.27. The fourth-order valence-corrected chi connectivity index (χ4v) is 4.77. The van der Waals surface area contributed by atoms with Gasteiger partial charge in [0, 0.05) is 29.9 Å². The van der Waals surface area contributed by atoms with E-state index in [1.54, 1.807) is 15.6 Å². The molecule has 9 nitrogen and oxygen atoms in total. The van der Waals surface area contributed by atoms with Crippen molar-refractivity contribution in [2.75, 3.05) is 26.0 Å². The van der Waals surface area contributed by atoms with E-state index in [-0.39, 0.29) is 12.2 Å². The molecule has 0 bridgehead atoms. The van der Waals surface area contributed by atoms with E-state index in [0.717, 1.165) is 24.2 Å². The third-order valence-corrected chi connectivity index (χ3v) is 7.12. The first-order valence-corrected chi connectivity index (χ1v) is 12.3. The van der Waals surface area contributed by atoms with Gasteiger partial charge in [-0.15, -0.1) is 0 Å². The minimum Gasteiger partial charge on any atom is -0.395 e. The molecular formula is C27H33N7O2. The molecule has 0 aliphatic heterocycles. The van der Waals surface area contributed by atoms with E-state index in [2.05, 4.69) is 47.5 Å². The molecule has 0 spiro atoms. The molecule has 1 aliphatic rings. The van der Waals surface area contributed by atoms with Gasteiger partial charge in [0.15, 0.2) is 11.5 Å². The van der Waals surface area contributed by atoms with Crippen LogP contribution in [0.3, 0.4) is 0 Å². The van der Waals surface area contributed by atoms with Crippen molar-refractivity contribution in [1.82, 2.24) is 29.2 Å². The normalized spacial score (nSPS) is 15.6. The summed E-state index contributed by atoms with van der Waals surface area (Å²) < 4.78 is 3.35. The Morgan fingerprint density at radius 2 is 1.92 bits per heavy atom. The lowest BCUT2D eigenvalue weighted by Gasteiger charge is -2.22. The highest BCUT2D eigenvalue weighted by Crippen LogP contribution is 2.28. The molecule has 0 saturated heterocycles. The number of anilines is 2. The van der Waals surface area contributed by atoms with E-state index in [4.69, 9.17) is 9.97 Å². The molecule has 0 radical (unpaired) electrons. The van der Waals surface area contributed by atoms with Crippen LogP contribution in [0.5, 0.6) is 0 Å². The van der Waals surface area contributed by atoms with Crippen molar-refractivity contribution < 1.29 is 5.11 Å². The highest BCUT2D eigenvalue weighted by Gasteiger charge is 2.25. The zero-order valence-electron chi connectivity index (χ0n) is 21.5. The van der Waals surface area contributed by atoms with Crippen LogP contribution in [0.1, 0.15) is 37.6 Å². The van der Waals surface area contributed by atoms with Crippen LogP contribution in [0, 0.1) is 0 Å². The topological polar surface area (TPSA) is 101 Å². The van der Waals surface area contributed by atoms with E-state index in [1.807, 2.05) is 39.0 Å². The summed E-state index contributed by atoms with van der Waals surface area (Å²) in [5, 5.41) is 13.6. The van der Waals surface area contributed by atoms with Crippen molar-refractivity contribution in [2.24, 2.45) is 0 Å². The van der Waals surface area contributed by atoms with Crippen LogP contribution in [-0.4, -0.2) is 61.1 Å². The number of pyridine rings is 1. The first kappa shape index (κ1) is 24.1. The molecule has 2 N–H and O–H groups in total. The number of hydrogen-bond acceptors (Lipinski definition) is 7. The van der Waals surface area contributed by atoms with Gasteiger partial charge in [-0.25, -0.2) is 19.3 Å². The highest BCUT2D eigenvalue weighted by atomic mass is 16.3. The number of aliphatic hydroxyl groups is 1. The Morgan fingerprint density at radius 1 is 1.14 bits per heavy atom. The van der Waals surface area contributed by atoms with E-state index in [0.29, 0.717) is 35.4 Å². The maximum absolute atomic E-state index is 13.1. The van der Waals surface area contributed by atoms with Gasteiger partial charge in [-0.2, -0.15) is 4.98 Å². The summed E-state index contributed by atoms with van der Waals surface area (Å²) in [6, 6.07) is 12.5. The van der Waals surface area contributed by atoms with Gasteiger partial charge in [0.2, 0.25) is 5.95 Å². The lowest BCUT2D eigenvalue weighted by molar-refractivity contribution is 0.215. The molecule has 0 amide bonds. The van der Waals surface area contributed by atoms with Crippen LogP contribution in [0.15, 0.2) is 47.4 Å². The fraction of sp³-hybridized carbons (Fsp3) is 0.407. The van der Waals surface area contributed by atoms with Crippen LogP contribution in [0.2, 0.25) is 0 Å². The van der Waals surface area contributed by atoms with Gasteiger partial charge in [-0.1, -0.05) is 26.0 Å². The molecule has 3 aromatic heterocycles. The van der Waals surface area contributed by atoms with Gasteiger partial charge in [-0.05, 0) is 69.3 Å². The Hall–Kier alpha value is -3.56. The van der Waals surface area contributed by atoms with E-state index < -0.39 is 5.41 Å². The molecule has 0 fully saturated rings. The number of hydrogen-bond donors (Lipinski definition) is 2. The van der Waals surface area contributed by atoms with Gasteiger partial charge in [0.25, 0.3) is 5.56 Å². The number of nitrogens with one attached hydrogen (secondary N) is 1. The largest absolute Gasteiger partial charge is 0.395 e. The second-order valence-corrected chi connectivity index (χ2v) is 10.3. The molecule has 188 valence electrons. The molecule has 5 rings (SSSR count). The average molecular weight is 488 g/mol. The molecule has 4 aromatic rings. The molecule has 1 aromatic carbocycles. The third kappa shape index (κ3) is 4.18. The van der Waals surface area contributed by atoms with Gasteiger partial charge in [0.1, 0.15) is 5.39 Å². The first-order valence-electron chi connectivity index (χ1n) is 12.3.